The fraction of sp³-hybridized carbons (Fsp3) is 0.167. The molecule has 124 valence electrons. The van der Waals surface area contributed by atoms with E-state index in [4.69, 9.17) is 20.0 Å². The molecule has 3 rings (SSSR count). The lowest BCUT2D eigenvalue weighted by Crippen LogP contribution is -2.32. The first-order chi connectivity index (χ1) is 11.5. The van der Waals surface area contributed by atoms with Crippen LogP contribution in [0.2, 0.25) is 0 Å². The van der Waals surface area contributed by atoms with Gasteiger partial charge in [-0.3, -0.25) is 4.79 Å². The minimum Gasteiger partial charge on any atom is -0.486 e. The zero-order chi connectivity index (χ0) is 17.1. The van der Waals surface area contributed by atoms with Crippen LogP contribution in [0.3, 0.4) is 0 Å². The summed E-state index contributed by atoms with van der Waals surface area (Å²) in [4.78, 5) is 10.8. The molecule has 0 aliphatic carbocycles. The summed E-state index contributed by atoms with van der Waals surface area (Å²) in [5.41, 5.74) is 5.49. The van der Waals surface area contributed by atoms with Crippen molar-refractivity contribution in [3.63, 3.8) is 0 Å². The lowest BCUT2D eigenvalue weighted by Gasteiger charge is -2.06. The number of hydrogen-bond donors (Lipinski definition) is 2. The molecule has 0 amide bonds. The fourth-order valence-corrected chi connectivity index (χ4v) is 2.73. The van der Waals surface area contributed by atoms with Crippen LogP contribution < -0.4 is 10.5 Å². The van der Waals surface area contributed by atoms with Gasteiger partial charge in [0.1, 0.15) is 29.9 Å². The maximum atomic E-state index is 10.8. The molecule has 5 nitrogen and oxygen atoms in total. The van der Waals surface area contributed by atoms with Crippen LogP contribution in [0.1, 0.15) is 11.5 Å². The maximum absolute atomic E-state index is 10.8. The largest absolute Gasteiger partial charge is 0.486 e. The number of rotatable bonds is 6. The SMILES string of the molecule is NC(Cc1ccc(COc2ccc3cc(Br)ccc3c2)o1)C(=O)O. The molecule has 3 aromatic rings. The number of halogens is 1. The van der Waals surface area contributed by atoms with Crippen LogP contribution in [0.4, 0.5) is 0 Å². The third-order valence-corrected chi connectivity index (χ3v) is 4.10. The van der Waals surface area contributed by atoms with E-state index in [0.717, 1.165) is 21.0 Å². The van der Waals surface area contributed by atoms with Crippen molar-refractivity contribution in [3.8, 4) is 5.75 Å². The molecular weight excluding hydrogens is 374 g/mol. The standard InChI is InChI=1S/C18H16BrNO4/c19-13-3-1-12-8-14(4-2-11(12)7-13)23-10-16-6-5-15(24-16)9-17(20)18(21)22/h1-8,17H,9-10,20H2,(H,21,22). The summed E-state index contributed by atoms with van der Waals surface area (Å²) in [7, 11) is 0. The third kappa shape index (κ3) is 3.96. The molecule has 0 saturated carbocycles. The van der Waals surface area contributed by atoms with Crippen LogP contribution in [0.25, 0.3) is 10.8 Å². The fourth-order valence-electron chi connectivity index (χ4n) is 2.35. The Morgan fingerprint density at radius 2 is 1.83 bits per heavy atom. The molecule has 1 heterocycles. The van der Waals surface area contributed by atoms with Crippen LogP contribution >= 0.6 is 15.9 Å². The lowest BCUT2D eigenvalue weighted by molar-refractivity contribution is -0.138. The molecule has 1 atom stereocenters. The highest BCUT2D eigenvalue weighted by molar-refractivity contribution is 9.10. The molecule has 0 fully saturated rings. The van der Waals surface area contributed by atoms with E-state index >= 15 is 0 Å². The Labute approximate surface area is 147 Å². The zero-order valence-corrected chi connectivity index (χ0v) is 14.3. The van der Waals surface area contributed by atoms with E-state index in [9.17, 15) is 4.79 Å². The number of nitrogens with two attached hydrogens (primary N) is 1. The lowest BCUT2D eigenvalue weighted by atomic mass is 10.1. The molecule has 24 heavy (non-hydrogen) atoms. The van der Waals surface area contributed by atoms with Crippen molar-refractivity contribution in [1.29, 1.82) is 0 Å². The minimum atomic E-state index is -1.05. The molecule has 0 saturated heterocycles. The molecule has 0 spiro atoms. The minimum absolute atomic E-state index is 0.153. The van der Waals surface area contributed by atoms with Gasteiger partial charge in [-0.25, -0.2) is 0 Å². The van der Waals surface area contributed by atoms with Crippen LogP contribution in [0, 0.1) is 0 Å². The van der Waals surface area contributed by atoms with Gasteiger partial charge in [0.2, 0.25) is 0 Å². The van der Waals surface area contributed by atoms with Crippen molar-refractivity contribution >= 4 is 32.7 Å². The van der Waals surface area contributed by atoms with Gasteiger partial charge in [0.15, 0.2) is 0 Å². The second-order valence-electron chi connectivity index (χ2n) is 5.46. The highest BCUT2D eigenvalue weighted by atomic mass is 79.9. The molecule has 0 radical (unpaired) electrons. The van der Waals surface area contributed by atoms with Crippen LogP contribution in [-0.4, -0.2) is 17.1 Å². The van der Waals surface area contributed by atoms with E-state index in [1.54, 1.807) is 12.1 Å². The van der Waals surface area contributed by atoms with Gasteiger partial charge in [-0.15, -0.1) is 0 Å². The number of hydrogen-bond acceptors (Lipinski definition) is 4. The molecule has 1 aromatic heterocycles. The van der Waals surface area contributed by atoms with Gasteiger partial charge in [0, 0.05) is 10.9 Å². The summed E-state index contributed by atoms with van der Waals surface area (Å²) >= 11 is 3.45. The Bertz CT molecular complexity index is 874. The smallest absolute Gasteiger partial charge is 0.320 e. The summed E-state index contributed by atoms with van der Waals surface area (Å²) in [6.45, 7) is 0.268. The number of furan rings is 1. The number of fused-ring (bicyclic) bond motifs is 1. The van der Waals surface area contributed by atoms with Crippen molar-refractivity contribution < 1.29 is 19.1 Å². The van der Waals surface area contributed by atoms with E-state index in [2.05, 4.69) is 15.9 Å². The van der Waals surface area contributed by atoms with Crippen LogP contribution in [0.5, 0.6) is 5.75 Å². The van der Waals surface area contributed by atoms with Crippen molar-refractivity contribution in [3.05, 3.63) is 64.5 Å². The van der Waals surface area contributed by atoms with Crippen LogP contribution in [0.15, 0.2) is 57.4 Å². The van der Waals surface area contributed by atoms with Gasteiger partial charge in [-0.2, -0.15) is 0 Å². The van der Waals surface area contributed by atoms with E-state index in [1.807, 2.05) is 36.4 Å². The van der Waals surface area contributed by atoms with E-state index in [0.29, 0.717) is 11.5 Å². The Hall–Kier alpha value is -2.31. The highest BCUT2D eigenvalue weighted by Crippen LogP contribution is 2.24. The summed E-state index contributed by atoms with van der Waals surface area (Å²) in [6, 6.07) is 14.4. The normalized spacial score (nSPS) is 12.2. The summed E-state index contributed by atoms with van der Waals surface area (Å²) in [5, 5.41) is 11.0. The summed E-state index contributed by atoms with van der Waals surface area (Å²) in [6.07, 6.45) is 0.153. The molecular formula is C18H16BrNO4. The Morgan fingerprint density at radius 1 is 1.12 bits per heavy atom. The molecule has 2 aromatic carbocycles. The average Bonchev–Trinajstić information content (AvgIpc) is 3.00. The van der Waals surface area contributed by atoms with Gasteiger partial charge in [0.25, 0.3) is 0 Å². The predicted molar refractivity (Wildman–Crippen MR) is 94.0 cm³/mol. The van der Waals surface area contributed by atoms with Gasteiger partial charge in [-0.05, 0) is 47.2 Å². The molecule has 0 aliphatic heterocycles. The predicted octanol–water partition coefficient (Wildman–Crippen LogP) is 3.73. The van der Waals surface area contributed by atoms with E-state index < -0.39 is 12.0 Å². The molecule has 6 heteroatoms. The van der Waals surface area contributed by atoms with Crippen molar-refractivity contribution in [2.75, 3.05) is 0 Å². The van der Waals surface area contributed by atoms with E-state index in [1.165, 1.54) is 0 Å². The molecule has 1 unspecified atom stereocenters. The van der Waals surface area contributed by atoms with E-state index in [-0.39, 0.29) is 13.0 Å². The third-order valence-electron chi connectivity index (χ3n) is 3.61. The van der Waals surface area contributed by atoms with Crippen LogP contribution in [-0.2, 0) is 17.8 Å². The molecule has 0 bridgehead atoms. The highest BCUT2D eigenvalue weighted by Gasteiger charge is 2.14. The van der Waals surface area contributed by atoms with Crippen molar-refractivity contribution in [2.45, 2.75) is 19.1 Å². The summed E-state index contributed by atoms with van der Waals surface area (Å²) < 4.78 is 12.3. The number of aliphatic carboxylic acids is 1. The van der Waals surface area contributed by atoms with Crippen molar-refractivity contribution in [2.24, 2.45) is 5.73 Å². The second-order valence-corrected chi connectivity index (χ2v) is 6.37. The molecule has 0 aliphatic rings. The Morgan fingerprint density at radius 3 is 2.62 bits per heavy atom. The number of carbonyl (C=O) groups is 1. The first-order valence-electron chi connectivity index (χ1n) is 7.39. The molecule has 3 N–H and O–H groups in total. The maximum Gasteiger partial charge on any atom is 0.320 e. The number of ether oxygens (including phenoxy) is 1. The first kappa shape index (κ1) is 16.5. The number of carboxylic acid groups (broad SMARTS) is 1. The first-order valence-corrected chi connectivity index (χ1v) is 8.18. The number of carboxylic acids is 1. The Balaban J connectivity index is 1.64. The van der Waals surface area contributed by atoms with Gasteiger partial charge in [0.05, 0.1) is 0 Å². The quantitative estimate of drug-likeness (QED) is 0.670. The Kier molecular flexibility index (Phi) is 4.87. The van der Waals surface area contributed by atoms with Gasteiger partial charge in [-0.1, -0.05) is 28.1 Å². The number of benzene rings is 2. The zero-order valence-electron chi connectivity index (χ0n) is 12.7. The van der Waals surface area contributed by atoms with Crippen molar-refractivity contribution in [1.82, 2.24) is 0 Å². The van der Waals surface area contributed by atoms with Gasteiger partial charge < -0.3 is 20.0 Å². The monoisotopic (exact) mass is 389 g/mol. The average molecular weight is 390 g/mol. The second kappa shape index (κ2) is 7.07. The summed E-state index contributed by atoms with van der Waals surface area (Å²) in [5.74, 6) is 0.849. The topological polar surface area (TPSA) is 85.7 Å². The van der Waals surface area contributed by atoms with Gasteiger partial charge >= 0.3 is 5.97 Å².